The van der Waals surface area contributed by atoms with E-state index in [2.05, 4.69) is 10.6 Å². The highest BCUT2D eigenvalue weighted by molar-refractivity contribution is 5.89. The smallest absolute Gasteiger partial charge is 0.224 e. The van der Waals surface area contributed by atoms with Gasteiger partial charge in [-0.2, -0.15) is 0 Å². The lowest BCUT2D eigenvalue weighted by Gasteiger charge is -2.28. The van der Waals surface area contributed by atoms with Crippen molar-refractivity contribution in [1.29, 1.82) is 0 Å². The first-order valence-corrected chi connectivity index (χ1v) is 6.74. The van der Waals surface area contributed by atoms with Crippen molar-refractivity contribution in [2.24, 2.45) is 23.7 Å². The van der Waals surface area contributed by atoms with Crippen LogP contribution in [-0.4, -0.2) is 24.9 Å². The lowest BCUT2D eigenvalue weighted by Crippen LogP contribution is -2.45. The predicted octanol–water partition coefficient (Wildman–Crippen LogP) is 0.921. The average molecular weight is 238 g/mol. The molecule has 4 atom stereocenters. The normalized spacial score (nSPS) is 34.7. The number of hydrogen-bond acceptors (Lipinski definition) is 2. The molecule has 0 aliphatic heterocycles. The Morgan fingerprint density at radius 3 is 1.71 bits per heavy atom. The number of carbonyl (C=O) groups excluding carboxylic acids is 2. The monoisotopic (exact) mass is 238 g/mol. The summed E-state index contributed by atoms with van der Waals surface area (Å²) in [5.74, 6) is 0.853. The lowest BCUT2D eigenvalue weighted by molar-refractivity contribution is -0.137. The molecule has 2 bridgehead atoms. The molecule has 2 rings (SSSR count). The molecule has 4 nitrogen and oxygen atoms in total. The van der Waals surface area contributed by atoms with Gasteiger partial charge in [0.15, 0.2) is 0 Å². The maximum absolute atomic E-state index is 12.1. The number of amides is 2. The topological polar surface area (TPSA) is 58.2 Å². The van der Waals surface area contributed by atoms with Crippen LogP contribution in [0, 0.1) is 23.7 Å². The van der Waals surface area contributed by atoms with Gasteiger partial charge in [-0.15, -0.1) is 0 Å². The van der Waals surface area contributed by atoms with Gasteiger partial charge in [-0.05, 0) is 44.9 Å². The Bertz CT molecular complexity index is 287. The van der Waals surface area contributed by atoms with E-state index in [1.807, 2.05) is 13.8 Å². The number of carbonyl (C=O) groups is 2. The van der Waals surface area contributed by atoms with Gasteiger partial charge in [-0.25, -0.2) is 0 Å². The van der Waals surface area contributed by atoms with Crippen LogP contribution in [0.5, 0.6) is 0 Å². The summed E-state index contributed by atoms with van der Waals surface area (Å²) in [5, 5.41) is 5.76. The van der Waals surface area contributed by atoms with Crippen molar-refractivity contribution >= 4 is 11.8 Å². The Kier molecular flexibility index (Phi) is 3.69. The minimum atomic E-state index is -0.0831. The first-order chi connectivity index (χ1) is 8.19. The van der Waals surface area contributed by atoms with Crippen molar-refractivity contribution in [1.82, 2.24) is 10.6 Å². The maximum atomic E-state index is 12.1. The largest absolute Gasteiger partial charge is 0.356 e. The molecule has 0 aromatic rings. The Balaban J connectivity index is 2.11. The fourth-order valence-corrected chi connectivity index (χ4v) is 3.63. The van der Waals surface area contributed by atoms with E-state index in [4.69, 9.17) is 0 Å². The van der Waals surface area contributed by atoms with Crippen LogP contribution < -0.4 is 10.6 Å². The van der Waals surface area contributed by atoms with Gasteiger partial charge in [-0.3, -0.25) is 9.59 Å². The highest BCUT2D eigenvalue weighted by Crippen LogP contribution is 2.52. The third-order valence-electron chi connectivity index (χ3n) is 4.22. The fraction of sp³-hybridized carbons (Fsp3) is 0.846. The number of rotatable bonds is 4. The summed E-state index contributed by atoms with van der Waals surface area (Å²) in [5.41, 5.74) is 0. The molecule has 2 fully saturated rings. The van der Waals surface area contributed by atoms with Gasteiger partial charge >= 0.3 is 0 Å². The first kappa shape index (κ1) is 12.4. The highest BCUT2D eigenvalue weighted by atomic mass is 16.2. The van der Waals surface area contributed by atoms with Gasteiger partial charge in [0, 0.05) is 13.1 Å². The minimum Gasteiger partial charge on any atom is -0.356 e. The van der Waals surface area contributed by atoms with Crippen molar-refractivity contribution in [3.63, 3.8) is 0 Å². The molecule has 2 amide bonds. The predicted molar refractivity (Wildman–Crippen MR) is 65.2 cm³/mol. The molecule has 96 valence electrons. The van der Waals surface area contributed by atoms with Crippen molar-refractivity contribution in [2.75, 3.05) is 13.1 Å². The SMILES string of the molecule is CCNC(=O)[C@H]1[C@@H]2CC[C@@H](C2)[C@@H]1C(=O)NCC. The molecule has 2 aliphatic rings. The molecule has 2 N–H and O–H groups in total. The molecule has 0 aromatic carbocycles. The third kappa shape index (κ3) is 2.17. The summed E-state index contributed by atoms with van der Waals surface area (Å²) < 4.78 is 0. The van der Waals surface area contributed by atoms with E-state index in [-0.39, 0.29) is 23.7 Å². The molecule has 2 aliphatic carbocycles. The zero-order chi connectivity index (χ0) is 12.4. The summed E-state index contributed by atoms with van der Waals surface area (Å²) in [6.45, 7) is 5.14. The van der Waals surface area contributed by atoms with E-state index in [0.717, 1.165) is 19.3 Å². The standard InChI is InChI=1S/C13H22N2O2/c1-3-14-12(16)10-8-5-6-9(7-8)11(10)13(17)15-4-2/h8-11H,3-7H2,1-2H3,(H,14,16)(H,15,17)/t8-,9+,10-,11-/m0/s1. The quantitative estimate of drug-likeness (QED) is 0.765. The second kappa shape index (κ2) is 5.07. The van der Waals surface area contributed by atoms with E-state index in [0.29, 0.717) is 24.9 Å². The summed E-state index contributed by atoms with van der Waals surface area (Å²) in [4.78, 5) is 24.1. The molecule has 0 radical (unpaired) electrons. The zero-order valence-electron chi connectivity index (χ0n) is 10.7. The van der Waals surface area contributed by atoms with E-state index < -0.39 is 0 Å². The highest BCUT2D eigenvalue weighted by Gasteiger charge is 2.53. The van der Waals surface area contributed by atoms with Crippen molar-refractivity contribution in [3.8, 4) is 0 Å². The van der Waals surface area contributed by atoms with Crippen LogP contribution in [0.3, 0.4) is 0 Å². The Morgan fingerprint density at radius 2 is 1.35 bits per heavy atom. The van der Waals surface area contributed by atoms with Crippen LogP contribution in [0.4, 0.5) is 0 Å². The second-order valence-corrected chi connectivity index (χ2v) is 5.17. The van der Waals surface area contributed by atoms with Gasteiger partial charge in [0.1, 0.15) is 0 Å². The summed E-state index contributed by atoms with van der Waals surface area (Å²) in [6.07, 6.45) is 3.29. The summed E-state index contributed by atoms with van der Waals surface area (Å²) in [7, 11) is 0. The van der Waals surface area contributed by atoms with Gasteiger partial charge < -0.3 is 10.6 Å². The van der Waals surface area contributed by atoms with Crippen LogP contribution in [-0.2, 0) is 9.59 Å². The van der Waals surface area contributed by atoms with Gasteiger partial charge in [0.05, 0.1) is 11.8 Å². The average Bonchev–Trinajstić information content (AvgIpc) is 2.89. The van der Waals surface area contributed by atoms with E-state index >= 15 is 0 Å². The van der Waals surface area contributed by atoms with E-state index in [1.54, 1.807) is 0 Å². The molecular weight excluding hydrogens is 216 g/mol. The molecular formula is C13H22N2O2. The van der Waals surface area contributed by atoms with Crippen molar-refractivity contribution in [3.05, 3.63) is 0 Å². The Morgan fingerprint density at radius 1 is 0.941 bits per heavy atom. The molecule has 0 spiro atoms. The maximum Gasteiger partial charge on any atom is 0.224 e. The van der Waals surface area contributed by atoms with Crippen molar-refractivity contribution in [2.45, 2.75) is 33.1 Å². The van der Waals surface area contributed by atoms with Crippen LogP contribution >= 0.6 is 0 Å². The third-order valence-corrected chi connectivity index (χ3v) is 4.22. The molecule has 0 unspecified atom stereocenters. The Hall–Kier alpha value is -1.06. The summed E-state index contributed by atoms with van der Waals surface area (Å²) >= 11 is 0. The van der Waals surface area contributed by atoms with Gasteiger partial charge in [0.25, 0.3) is 0 Å². The first-order valence-electron chi connectivity index (χ1n) is 6.74. The van der Waals surface area contributed by atoms with E-state index in [9.17, 15) is 9.59 Å². The molecule has 0 saturated heterocycles. The molecule has 0 heterocycles. The summed E-state index contributed by atoms with van der Waals surface area (Å²) in [6, 6.07) is 0. The molecule has 2 saturated carbocycles. The second-order valence-electron chi connectivity index (χ2n) is 5.17. The lowest BCUT2D eigenvalue weighted by atomic mass is 9.78. The molecule has 17 heavy (non-hydrogen) atoms. The van der Waals surface area contributed by atoms with Gasteiger partial charge in [0.2, 0.25) is 11.8 Å². The number of fused-ring (bicyclic) bond motifs is 2. The van der Waals surface area contributed by atoms with Gasteiger partial charge in [-0.1, -0.05) is 0 Å². The van der Waals surface area contributed by atoms with Crippen LogP contribution in [0.15, 0.2) is 0 Å². The van der Waals surface area contributed by atoms with Crippen LogP contribution in [0.2, 0.25) is 0 Å². The molecule has 4 heteroatoms. The van der Waals surface area contributed by atoms with Crippen LogP contribution in [0.25, 0.3) is 0 Å². The number of nitrogens with one attached hydrogen (secondary N) is 2. The zero-order valence-corrected chi connectivity index (χ0v) is 10.7. The molecule has 0 aromatic heterocycles. The van der Waals surface area contributed by atoms with Crippen LogP contribution in [0.1, 0.15) is 33.1 Å². The minimum absolute atomic E-state index is 0.0796. The Labute approximate surface area is 103 Å². The van der Waals surface area contributed by atoms with Crippen molar-refractivity contribution < 1.29 is 9.59 Å². The van der Waals surface area contributed by atoms with E-state index in [1.165, 1.54) is 0 Å². The number of hydrogen-bond donors (Lipinski definition) is 2. The fourth-order valence-electron chi connectivity index (χ4n) is 3.63.